The van der Waals surface area contributed by atoms with Crippen LogP contribution in [0.4, 0.5) is 0 Å². The summed E-state index contributed by atoms with van der Waals surface area (Å²) in [6.07, 6.45) is 4.92. The molecule has 0 aromatic rings. The molecular formula is C14H26N2. The summed E-state index contributed by atoms with van der Waals surface area (Å²) in [7, 11) is 0. The van der Waals surface area contributed by atoms with Crippen LogP contribution in [0, 0.1) is 5.92 Å². The van der Waals surface area contributed by atoms with Gasteiger partial charge < -0.3 is 0 Å². The molecule has 0 saturated carbocycles. The third-order valence-electron chi connectivity index (χ3n) is 4.29. The van der Waals surface area contributed by atoms with Gasteiger partial charge in [-0.3, -0.25) is 9.80 Å². The number of hydrogen-bond acceptors (Lipinski definition) is 2. The van der Waals surface area contributed by atoms with Crippen molar-refractivity contribution in [1.82, 2.24) is 9.80 Å². The molecule has 0 aromatic carbocycles. The molecule has 16 heavy (non-hydrogen) atoms. The molecule has 2 atom stereocenters. The standard InChI is InChI=1S/C14H26N2/c1-5-13-14(8-7-9-16(14)6-2)11-15(13)10-12(3)4/h5,12-13H,1,6-11H2,2-4H3. The number of hydrogen-bond donors (Lipinski definition) is 0. The van der Waals surface area contributed by atoms with Crippen LogP contribution in [0.15, 0.2) is 12.7 Å². The normalized spacial score (nSPS) is 35.9. The van der Waals surface area contributed by atoms with Gasteiger partial charge in [0.1, 0.15) is 0 Å². The molecule has 2 heteroatoms. The average molecular weight is 222 g/mol. The van der Waals surface area contributed by atoms with Crippen molar-refractivity contribution in [1.29, 1.82) is 0 Å². The van der Waals surface area contributed by atoms with E-state index in [0.29, 0.717) is 11.6 Å². The van der Waals surface area contributed by atoms with Gasteiger partial charge in [0.05, 0.1) is 5.54 Å². The number of nitrogens with zero attached hydrogens (tertiary/aromatic N) is 2. The fourth-order valence-corrected chi connectivity index (χ4v) is 3.73. The molecule has 2 aliphatic rings. The summed E-state index contributed by atoms with van der Waals surface area (Å²) in [6, 6.07) is 0.595. The van der Waals surface area contributed by atoms with Crippen LogP contribution in [0.2, 0.25) is 0 Å². The molecule has 2 saturated heterocycles. The van der Waals surface area contributed by atoms with Crippen LogP contribution in [-0.2, 0) is 0 Å². The molecule has 0 aromatic heterocycles. The lowest BCUT2D eigenvalue weighted by molar-refractivity contribution is -0.0716. The lowest BCUT2D eigenvalue weighted by Crippen LogP contribution is -2.74. The fourth-order valence-electron chi connectivity index (χ4n) is 3.73. The smallest absolute Gasteiger partial charge is 0.0527 e. The van der Waals surface area contributed by atoms with Crippen molar-refractivity contribution in [3.05, 3.63) is 12.7 Å². The first-order valence-electron chi connectivity index (χ1n) is 6.75. The summed E-state index contributed by atoms with van der Waals surface area (Å²) >= 11 is 0. The van der Waals surface area contributed by atoms with E-state index in [1.165, 1.54) is 39.0 Å². The van der Waals surface area contributed by atoms with Gasteiger partial charge in [-0.25, -0.2) is 0 Å². The van der Waals surface area contributed by atoms with E-state index < -0.39 is 0 Å². The minimum atomic E-state index is 0.450. The SMILES string of the molecule is C=CC1N(CC(C)C)CC12CCCN2CC. The molecule has 0 amide bonds. The van der Waals surface area contributed by atoms with Crippen LogP contribution in [0.3, 0.4) is 0 Å². The average Bonchev–Trinajstić information content (AvgIpc) is 2.62. The van der Waals surface area contributed by atoms with Crippen LogP contribution in [0.1, 0.15) is 33.6 Å². The molecule has 2 fully saturated rings. The summed E-state index contributed by atoms with van der Waals surface area (Å²) in [5.41, 5.74) is 0.450. The first-order valence-corrected chi connectivity index (χ1v) is 6.75. The molecule has 2 unspecified atom stereocenters. The summed E-state index contributed by atoms with van der Waals surface area (Å²) < 4.78 is 0. The van der Waals surface area contributed by atoms with Crippen molar-refractivity contribution in [3.8, 4) is 0 Å². The molecule has 2 heterocycles. The molecule has 0 N–H and O–H groups in total. The third-order valence-corrected chi connectivity index (χ3v) is 4.29. The predicted octanol–water partition coefficient (Wildman–Crippen LogP) is 2.37. The monoisotopic (exact) mass is 222 g/mol. The first-order chi connectivity index (χ1) is 7.64. The van der Waals surface area contributed by atoms with Crippen molar-refractivity contribution in [2.45, 2.75) is 45.2 Å². The Morgan fingerprint density at radius 3 is 2.81 bits per heavy atom. The summed E-state index contributed by atoms with van der Waals surface area (Å²) in [5.74, 6) is 0.760. The van der Waals surface area contributed by atoms with Gasteiger partial charge in [-0.05, 0) is 31.8 Å². The highest BCUT2D eigenvalue weighted by atomic mass is 15.4. The van der Waals surface area contributed by atoms with Crippen molar-refractivity contribution in [3.63, 3.8) is 0 Å². The minimum Gasteiger partial charge on any atom is -0.295 e. The number of rotatable bonds is 4. The highest BCUT2D eigenvalue weighted by Gasteiger charge is 2.55. The Morgan fingerprint density at radius 1 is 1.50 bits per heavy atom. The van der Waals surface area contributed by atoms with Gasteiger partial charge in [0, 0.05) is 19.1 Å². The third kappa shape index (κ3) is 1.72. The summed E-state index contributed by atoms with van der Waals surface area (Å²) in [5, 5.41) is 0. The van der Waals surface area contributed by atoms with E-state index >= 15 is 0 Å². The minimum absolute atomic E-state index is 0.450. The van der Waals surface area contributed by atoms with Crippen molar-refractivity contribution in [2.24, 2.45) is 5.92 Å². The molecule has 1 spiro atoms. The van der Waals surface area contributed by atoms with Gasteiger partial charge in [0.25, 0.3) is 0 Å². The molecule has 0 radical (unpaired) electrons. The Hall–Kier alpha value is -0.340. The van der Waals surface area contributed by atoms with Crippen LogP contribution in [-0.4, -0.2) is 47.6 Å². The Balaban J connectivity index is 2.05. The van der Waals surface area contributed by atoms with E-state index in [-0.39, 0.29) is 0 Å². The van der Waals surface area contributed by atoms with Gasteiger partial charge >= 0.3 is 0 Å². The Morgan fingerprint density at radius 2 is 2.25 bits per heavy atom. The number of likely N-dealkylation sites (tertiary alicyclic amines) is 2. The van der Waals surface area contributed by atoms with Crippen molar-refractivity contribution in [2.75, 3.05) is 26.2 Å². The second-order valence-electron chi connectivity index (χ2n) is 5.79. The van der Waals surface area contributed by atoms with Gasteiger partial charge in [0.2, 0.25) is 0 Å². The van der Waals surface area contributed by atoms with Crippen LogP contribution < -0.4 is 0 Å². The van der Waals surface area contributed by atoms with E-state index in [1.54, 1.807) is 0 Å². The van der Waals surface area contributed by atoms with Gasteiger partial charge in [-0.1, -0.05) is 26.8 Å². The van der Waals surface area contributed by atoms with E-state index in [0.717, 1.165) is 5.92 Å². The lowest BCUT2D eigenvalue weighted by atomic mass is 9.77. The summed E-state index contributed by atoms with van der Waals surface area (Å²) in [4.78, 5) is 5.28. The van der Waals surface area contributed by atoms with Crippen molar-refractivity contribution < 1.29 is 0 Å². The largest absolute Gasteiger partial charge is 0.295 e. The molecule has 2 aliphatic heterocycles. The van der Waals surface area contributed by atoms with E-state index in [4.69, 9.17) is 0 Å². The Bertz CT molecular complexity index is 261. The van der Waals surface area contributed by atoms with Crippen LogP contribution >= 0.6 is 0 Å². The molecule has 92 valence electrons. The highest BCUT2D eigenvalue weighted by molar-refractivity contribution is 5.20. The molecule has 0 bridgehead atoms. The maximum absolute atomic E-state index is 4.06. The molecule has 2 rings (SSSR count). The topological polar surface area (TPSA) is 6.48 Å². The molecule has 2 nitrogen and oxygen atoms in total. The quantitative estimate of drug-likeness (QED) is 0.674. The van der Waals surface area contributed by atoms with Gasteiger partial charge in [-0.15, -0.1) is 6.58 Å². The van der Waals surface area contributed by atoms with Gasteiger partial charge in [-0.2, -0.15) is 0 Å². The first kappa shape index (κ1) is 12.1. The number of likely N-dealkylation sites (N-methyl/N-ethyl adjacent to an activating group) is 1. The zero-order chi connectivity index (χ0) is 11.8. The Labute approximate surface area is 100 Å². The Kier molecular flexibility index (Phi) is 3.41. The van der Waals surface area contributed by atoms with Crippen molar-refractivity contribution >= 4 is 0 Å². The maximum Gasteiger partial charge on any atom is 0.0527 e. The van der Waals surface area contributed by atoms with Crippen LogP contribution in [0.25, 0.3) is 0 Å². The molecule has 0 aliphatic carbocycles. The maximum atomic E-state index is 4.06. The lowest BCUT2D eigenvalue weighted by Gasteiger charge is -2.59. The van der Waals surface area contributed by atoms with E-state index in [1.807, 2.05) is 0 Å². The fraction of sp³-hybridized carbons (Fsp3) is 0.857. The zero-order valence-corrected chi connectivity index (χ0v) is 11.1. The summed E-state index contributed by atoms with van der Waals surface area (Å²) in [6.45, 7) is 15.9. The molecular weight excluding hydrogens is 196 g/mol. The van der Waals surface area contributed by atoms with E-state index in [2.05, 4.69) is 43.2 Å². The highest BCUT2D eigenvalue weighted by Crippen LogP contribution is 2.43. The van der Waals surface area contributed by atoms with Gasteiger partial charge in [0.15, 0.2) is 0 Å². The zero-order valence-electron chi connectivity index (χ0n) is 11.1. The predicted molar refractivity (Wildman–Crippen MR) is 69.6 cm³/mol. The second-order valence-corrected chi connectivity index (χ2v) is 5.79. The van der Waals surface area contributed by atoms with E-state index in [9.17, 15) is 0 Å². The second kappa shape index (κ2) is 4.50. The van der Waals surface area contributed by atoms with Crippen LogP contribution in [0.5, 0.6) is 0 Å².